The van der Waals surface area contributed by atoms with Crippen molar-refractivity contribution in [2.45, 2.75) is 290 Å². The first-order chi connectivity index (χ1) is 36.6. The monoisotopic (exact) mass is 1020 g/mol. The maximum absolute atomic E-state index is 12.3. The standard InChI is InChI=1S/C69H116O5/c1-3-5-7-9-11-13-15-17-19-21-23-25-27-29-31-32-33-34-35-36-38-40-42-44-46-48-50-52-54-56-58-60-62-64-69(72)74-67(65-70)66-73-68(71)63-61-59-57-55-53-51-49-47-45-43-41-39-37-30-28-26-24-22-20-18-16-14-12-10-8-6-4-2/h5,7,11,13,17,19,22-25,29,31,33-34,36,38,42,44,48,50,67,70H,3-4,6,8-10,12,14-16,18,20-21,26-28,30,32,35,37,39-41,43,45-47,49,51-66H2,1-2H3/b7-5-,13-11-,19-17-,24-22-,25-23-,31-29-,34-33-,38-36-,44-42-,50-48-. The van der Waals surface area contributed by atoms with Crippen LogP contribution in [0.15, 0.2) is 122 Å². The highest BCUT2D eigenvalue weighted by molar-refractivity contribution is 5.70. The first-order valence-corrected chi connectivity index (χ1v) is 31.1. The molecule has 0 aliphatic heterocycles. The van der Waals surface area contributed by atoms with Crippen LogP contribution in [0.2, 0.25) is 0 Å². The first kappa shape index (κ1) is 70.3. The molecule has 0 radical (unpaired) electrons. The third kappa shape index (κ3) is 60.9. The van der Waals surface area contributed by atoms with Crippen LogP contribution in [-0.2, 0) is 19.1 Å². The van der Waals surface area contributed by atoms with Gasteiger partial charge in [-0.2, -0.15) is 0 Å². The van der Waals surface area contributed by atoms with E-state index in [0.29, 0.717) is 12.8 Å². The summed E-state index contributed by atoms with van der Waals surface area (Å²) in [6.45, 7) is 4.03. The molecule has 0 aliphatic rings. The fourth-order valence-electron chi connectivity index (χ4n) is 8.60. The second-order valence-electron chi connectivity index (χ2n) is 20.4. The van der Waals surface area contributed by atoms with Crippen LogP contribution in [0.5, 0.6) is 0 Å². The van der Waals surface area contributed by atoms with Gasteiger partial charge in [-0.15, -0.1) is 0 Å². The van der Waals surface area contributed by atoms with Crippen molar-refractivity contribution in [3.8, 4) is 0 Å². The number of esters is 2. The van der Waals surface area contributed by atoms with Crippen molar-refractivity contribution in [1.82, 2.24) is 0 Å². The average molecular weight is 1030 g/mol. The summed E-state index contributed by atoms with van der Waals surface area (Å²) in [5, 5.41) is 9.67. The highest BCUT2D eigenvalue weighted by atomic mass is 16.6. The topological polar surface area (TPSA) is 72.8 Å². The molecule has 0 aromatic carbocycles. The number of carbonyl (C=O) groups excluding carboxylic acids is 2. The van der Waals surface area contributed by atoms with Crippen LogP contribution >= 0.6 is 0 Å². The van der Waals surface area contributed by atoms with E-state index in [9.17, 15) is 14.7 Å². The zero-order valence-corrected chi connectivity index (χ0v) is 48.3. The highest BCUT2D eigenvalue weighted by Gasteiger charge is 2.16. The van der Waals surface area contributed by atoms with E-state index in [4.69, 9.17) is 9.47 Å². The van der Waals surface area contributed by atoms with Crippen LogP contribution in [0.1, 0.15) is 284 Å². The van der Waals surface area contributed by atoms with E-state index in [1.54, 1.807) is 0 Å². The third-order valence-electron chi connectivity index (χ3n) is 13.2. The maximum Gasteiger partial charge on any atom is 0.306 e. The third-order valence-corrected chi connectivity index (χ3v) is 13.2. The molecule has 0 heterocycles. The van der Waals surface area contributed by atoms with E-state index >= 15 is 0 Å². The molecule has 5 heteroatoms. The number of rotatable bonds is 56. The van der Waals surface area contributed by atoms with E-state index < -0.39 is 6.10 Å². The summed E-state index contributed by atoms with van der Waals surface area (Å²) >= 11 is 0. The Labute approximate surface area is 458 Å². The SMILES string of the molecule is CC/C=C\C/C=C\C/C=C\C/C=C\C/C=C\C/C=C\C/C=C\C/C=C\C/C=C\CCCCCCCC(=O)OC(CO)COC(=O)CCCCCCCCCCCCCCCCC/C=C\CCCCCCCCCC. The number of aliphatic hydroxyl groups is 1. The first-order valence-electron chi connectivity index (χ1n) is 31.1. The van der Waals surface area contributed by atoms with E-state index in [1.807, 2.05) is 0 Å². The summed E-state index contributed by atoms with van der Waals surface area (Å²) in [4.78, 5) is 24.6. The van der Waals surface area contributed by atoms with Crippen molar-refractivity contribution in [2.24, 2.45) is 0 Å². The molecule has 1 unspecified atom stereocenters. The lowest BCUT2D eigenvalue weighted by atomic mass is 10.0. The molecule has 0 amide bonds. The van der Waals surface area contributed by atoms with Crippen LogP contribution in [-0.4, -0.2) is 36.4 Å². The van der Waals surface area contributed by atoms with Crippen LogP contribution in [0.4, 0.5) is 0 Å². The van der Waals surface area contributed by atoms with Gasteiger partial charge in [-0.25, -0.2) is 0 Å². The summed E-state index contributed by atoms with van der Waals surface area (Å²) in [6, 6.07) is 0. The zero-order chi connectivity index (χ0) is 53.4. The lowest BCUT2D eigenvalue weighted by Crippen LogP contribution is -2.28. The summed E-state index contributed by atoms with van der Waals surface area (Å²) in [7, 11) is 0. The van der Waals surface area contributed by atoms with Crippen molar-refractivity contribution in [2.75, 3.05) is 13.2 Å². The summed E-state index contributed by atoms with van der Waals surface area (Å²) < 4.78 is 10.7. The fraction of sp³-hybridized carbons (Fsp3) is 0.681. The second-order valence-corrected chi connectivity index (χ2v) is 20.4. The second kappa shape index (κ2) is 63.6. The Kier molecular flexibility index (Phi) is 60.4. The molecule has 0 rings (SSSR count). The van der Waals surface area contributed by atoms with Gasteiger partial charge in [0.15, 0.2) is 6.10 Å². The Morgan fingerprint density at radius 2 is 0.581 bits per heavy atom. The van der Waals surface area contributed by atoms with Gasteiger partial charge in [-0.05, 0) is 109 Å². The van der Waals surface area contributed by atoms with Crippen molar-refractivity contribution < 1.29 is 24.2 Å². The molecule has 5 nitrogen and oxygen atoms in total. The molecular weight excluding hydrogens is 909 g/mol. The molecule has 422 valence electrons. The van der Waals surface area contributed by atoms with Crippen molar-refractivity contribution in [3.63, 3.8) is 0 Å². The summed E-state index contributed by atoms with van der Waals surface area (Å²) in [5.74, 6) is -0.612. The van der Waals surface area contributed by atoms with Gasteiger partial charge in [0.05, 0.1) is 6.61 Å². The average Bonchev–Trinajstić information content (AvgIpc) is 3.40. The molecule has 0 bridgehead atoms. The molecule has 1 atom stereocenters. The molecule has 0 aliphatic carbocycles. The predicted octanol–water partition coefficient (Wildman–Crippen LogP) is 21.4. The van der Waals surface area contributed by atoms with Crippen molar-refractivity contribution in [1.29, 1.82) is 0 Å². The van der Waals surface area contributed by atoms with Crippen molar-refractivity contribution in [3.05, 3.63) is 122 Å². The number of carbonyl (C=O) groups is 2. The molecular formula is C69H116O5. The molecule has 1 N–H and O–H groups in total. The van der Waals surface area contributed by atoms with Gasteiger partial charge in [0.25, 0.3) is 0 Å². The lowest BCUT2D eigenvalue weighted by molar-refractivity contribution is -0.161. The number of hydrogen-bond donors (Lipinski definition) is 1. The van der Waals surface area contributed by atoms with E-state index in [1.165, 1.54) is 141 Å². The molecule has 0 aromatic heterocycles. The zero-order valence-electron chi connectivity index (χ0n) is 48.3. The number of unbranched alkanes of at least 4 members (excludes halogenated alkanes) is 28. The molecule has 0 aromatic rings. The Balaban J connectivity index is 3.57. The van der Waals surface area contributed by atoms with Gasteiger partial charge in [0.2, 0.25) is 0 Å². The minimum Gasteiger partial charge on any atom is -0.462 e. The summed E-state index contributed by atoms with van der Waals surface area (Å²) in [6.07, 6.45) is 93.3. The normalized spacial score (nSPS) is 13.1. The maximum atomic E-state index is 12.3. The highest BCUT2D eigenvalue weighted by Crippen LogP contribution is 2.16. The van der Waals surface area contributed by atoms with Gasteiger partial charge in [-0.1, -0.05) is 283 Å². The Morgan fingerprint density at radius 1 is 0.324 bits per heavy atom. The van der Waals surface area contributed by atoms with Gasteiger partial charge < -0.3 is 14.6 Å². The predicted molar refractivity (Wildman–Crippen MR) is 325 cm³/mol. The molecule has 0 saturated heterocycles. The lowest BCUT2D eigenvalue weighted by Gasteiger charge is -2.15. The Morgan fingerprint density at radius 3 is 0.892 bits per heavy atom. The smallest absolute Gasteiger partial charge is 0.306 e. The number of aliphatic hydroxyl groups excluding tert-OH is 1. The Bertz CT molecular complexity index is 1490. The van der Waals surface area contributed by atoms with Gasteiger partial charge in [0.1, 0.15) is 6.61 Å². The van der Waals surface area contributed by atoms with E-state index in [0.717, 1.165) is 116 Å². The van der Waals surface area contributed by atoms with Crippen LogP contribution in [0, 0.1) is 0 Å². The Hall–Kier alpha value is -3.70. The largest absolute Gasteiger partial charge is 0.462 e. The van der Waals surface area contributed by atoms with Crippen LogP contribution in [0.3, 0.4) is 0 Å². The van der Waals surface area contributed by atoms with E-state index in [2.05, 4.69) is 135 Å². The molecule has 0 fully saturated rings. The van der Waals surface area contributed by atoms with Crippen molar-refractivity contribution >= 4 is 11.9 Å². The quantitative estimate of drug-likeness (QED) is 0.0373. The molecule has 0 spiro atoms. The number of hydrogen-bond acceptors (Lipinski definition) is 5. The van der Waals surface area contributed by atoms with Gasteiger partial charge in [0, 0.05) is 12.8 Å². The van der Waals surface area contributed by atoms with Gasteiger partial charge in [-0.3, -0.25) is 9.59 Å². The van der Waals surface area contributed by atoms with Crippen LogP contribution in [0.25, 0.3) is 0 Å². The summed E-state index contributed by atoms with van der Waals surface area (Å²) in [5.41, 5.74) is 0. The fourth-order valence-corrected chi connectivity index (χ4v) is 8.60. The minimum absolute atomic E-state index is 0.0789. The number of allylic oxidation sites excluding steroid dienone is 20. The molecule has 74 heavy (non-hydrogen) atoms. The van der Waals surface area contributed by atoms with Gasteiger partial charge >= 0.3 is 11.9 Å². The molecule has 0 saturated carbocycles. The van der Waals surface area contributed by atoms with E-state index in [-0.39, 0.29) is 25.2 Å². The number of ether oxygens (including phenoxy) is 2. The van der Waals surface area contributed by atoms with Crippen LogP contribution < -0.4 is 0 Å². The minimum atomic E-state index is -0.791.